The Kier molecular flexibility index (Phi) is 3.29. The Labute approximate surface area is 126 Å². The average molecular weight is 300 g/mol. The zero-order valence-electron chi connectivity index (χ0n) is 12.2. The third-order valence-corrected chi connectivity index (χ3v) is 4.73. The van der Waals surface area contributed by atoms with Crippen LogP contribution in [0.25, 0.3) is 16.2 Å². The topological polar surface area (TPSA) is 54.6 Å². The van der Waals surface area contributed by atoms with E-state index >= 15 is 0 Å². The van der Waals surface area contributed by atoms with Gasteiger partial charge in [0.2, 0.25) is 0 Å². The molecule has 0 atom stereocenters. The van der Waals surface area contributed by atoms with Gasteiger partial charge in [0, 0.05) is 16.1 Å². The summed E-state index contributed by atoms with van der Waals surface area (Å²) in [5.74, 6) is -0.839. The van der Waals surface area contributed by atoms with Gasteiger partial charge in [-0.3, -0.25) is 9.20 Å². The number of hydrogen-bond acceptors (Lipinski definition) is 3. The van der Waals surface area contributed by atoms with Crippen LogP contribution in [0.5, 0.6) is 0 Å². The van der Waals surface area contributed by atoms with Crippen molar-refractivity contribution in [3.8, 4) is 11.3 Å². The third kappa shape index (κ3) is 2.34. The summed E-state index contributed by atoms with van der Waals surface area (Å²) < 4.78 is 1.98. The molecule has 108 valence electrons. The predicted octanol–water partition coefficient (Wildman–Crippen LogP) is 3.62. The van der Waals surface area contributed by atoms with E-state index in [1.165, 1.54) is 10.4 Å². The van der Waals surface area contributed by atoms with E-state index in [-0.39, 0.29) is 6.42 Å². The van der Waals surface area contributed by atoms with E-state index in [1.807, 2.05) is 49.4 Å². The van der Waals surface area contributed by atoms with E-state index in [2.05, 4.69) is 4.98 Å². The highest BCUT2D eigenvalue weighted by molar-refractivity contribution is 7.17. The van der Waals surface area contributed by atoms with Crippen molar-refractivity contribution in [2.24, 2.45) is 0 Å². The second-order valence-corrected chi connectivity index (χ2v) is 6.39. The first-order chi connectivity index (χ1) is 9.97. The van der Waals surface area contributed by atoms with Gasteiger partial charge in [-0.1, -0.05) is 29.8 Å². The van der Waals surface area contributed by atoms with Crippen LogP contribution in [0.15, 0.2) is 24.3 Å². The summed E-state index contributed by atoms with van der Waals surface area (Å²) in [6.07, 6.45) is -0.0264. The standard InChI is InChI=1S/C16H16N2O2S/c1-9-4-6-12(7-5-9)15-13(8-14(19)20)18-10(2)11(3)21-16(18)17-15/h4-7H,8H2,1-3H3,(H,19,20). The Morgan fingerprint density at radius 3 is 2.52 bits per heavy atom. The van der Waals surface area contributed by atoms with Gasteiger partial charge in [0.25, 0.3) is 0 Å². The fourth-order valence-corrected chi connectivity index (χ4v) is 3.45. The maximum Gasteiger partial charge on any atom is 0.309 e. The minimum atomic E-state index is -0.839. The van der Waals surface area contributed by atoms with Gasteiger partial charge in [-0.15, -0.1) is 11.3 Å². The lowest BCUT2D eigenvalue weighted by Gasteiger charge is -2.04. The molecule has 3 aromatic rings. The normalized spacial score (nSPS) is 11.2. The van der Waals surface area contributed by atoms with Crippen LogP contribution in [0.1, 0.15) is 21.8 Å². The quantitative estimate of drug-likeness (QED) is 0.804. The summed E-state index contributed by atoms with van der Waals surface area (Å²) in [7, 11) is 0. The molecule has 0 spiro atoms. The largest absolute Gasteiger partial charge is 0.481 e. The number of rotatable bonds is 3. The van der Waals surface area contributed by atoms with Crippen LogP contribution in [0.4, 0.5) is 0 Å². The molecule has 1 N–H and O–H groups in total. The van der Waals surface area contributed by atoms with E-state index in [0.29, 0.717) is 0 Å². The summed E-state index contributed by atoms with van der Waals surface area (Å²) in [6, 6.07) is 8.03. The molecule has 0 aliphatic heterocycles. The van der Waals surface area contributed by atoms with Gasteiger partial charge in [0.05, 0.1) is 17.8 Å². The van der Waals surface area contributed by atoms with Gasteiger partial charge in [-0.05, 0) is 20.8 Å². The number of carbonyl (C=O) groups is 1. The van der Waals surface area contributed by atoms with Crippen molar-refractivity contribution < 1.29 is 9.90 Å². The van der Waals surface area contributed by atoms with Gasteiger partial charge >= 0.3 is 5.97 Å². The molecule has 2 aromatic heterocycles. The minimum absolute atomic E-state index is 0.0264. The molecule has 0 amide bonds. The highest BCUT2D eigenvalue weighted by Gasteiger charge is 2.20. The average Bonchev–Trinajstić information content (AvgIpc) is 2.89. The van der Waals surface area contributed by atoms with Crippen molar-refractivity contribution in [1.82, 2.24) is 9.38 Å². The number of imidazole rings is 1. The molecule has 0 aliphatic rings. The minimum Gasteiger partial charge on any atom is -0.481 e. The van der Waals surface area contributed by atoms with Crippen LogP contribution in [-0.2, 0) is 11.2 Å². The molecule has 1 aromatic carbocycles. The molecule has 3 rings (SSSR count). The van der Waals surface area contributed by atoms with Crippen LogP contribution in [0, 0.1) is 20.8 Å². The SMILES string of the molecule is Cc1ccc(-c2nc3sc(C)c(C)n3c2CC(=O)O)cc1. The monoisotopic (exact) mass is 300 g/mol. The summed E-state index contributed by atoms with van der Waals surface area (Å²) in [6.45, 7) is 6.07. The number of carboxylic acids is 1. The number of carboxylic acid groups (broad SMARTS) is 1. The van der Waals surface area contributed by atoms with Gasteiger partial charge < -0.3 is 5.11 Å². The van der Waals surface area contributed by atoms with Crippen LogP contribution in [0.3, 0.4) is 0 Å². The molecule has 0 unspecified atom stereocenters. The lowest BCUT2D eigenvalue weighted by atomic mass is 10.1. The molecule has 0 saturated carbocycles. The third-order valence-electron chi connectivity index (χ3n) is 3.67. The predicted molar refractivity (Wildman–Crippen MR) is 84.1 cm³/mol. The molecular weight excluding hydrogens is 284 g/mol. The first kappa shape index (κ1) is 13.8. The van der Waals surface area contributed by atoms with E-state index in [4.69, 9.17) is 0 Å². The van der Waals surface area contributed by atoms with Crippen molar-refractivity contribution >= 4 is 22.3 Å². The van der Waals surface area contributed by atoms with Gasteiger partial charge in [0.1, 0.15) is 0 Å². The molecule has 0 fully saturated rings. The Hall–Kier alpha value is -2.14. The number of thiazole rings is 1. The van der Waals surface area contributed by atoms with Crippen LogP contribution >= 0.6 is 11.3 Å². The molecule has 21 heavy (non-hydrogen) atoms. The maximum atomic E-state index is 11.2. The number of benzene rings is 1. The van der Waals surface area contributed by atoms with Gasteiger partial charge in [-0.2, -0.15) is 0 Å². The fourth-order valence-electron chi connectivity index (χ4n) is 2.46. The second kappa shape index (κ2) is 5.00. The van der Waals surface area contributed by atoms with Crippen LogP contribution in [-0.4, -0.2) is 20.5 Å². The number of aliphatic carboxylic acids is 1. The Balaban J connectivity index is 2.26. The first-order valence-electron chi connectivity index (χ1n) is 6.73. The molecule has 0 radical (unpaired) electrons. The van der Waals surface area contributed by atoms with E-state index < -0.39 is 5.97 Å². The van der Waals surface area contributed by atoms with Gasteiger partial charge in [0.15, 0.2) is 4.96 Å². The molecule has 0 bridgehead atoms. The summed E-state index contributed by atoms with van der Waals surface area (Å²) >= 11 is 1.60. The highest BCUT2D eigenvalue weighted by atomic mass is 32.1. The zero-order valence-corrected chi connectivity index (χ0v) is 13.0. The van der Waals surface area contributed by atoms with E-state index in [1.54, 1.807) is 11.3 Å². The van der Waals surface area contributed by atoms with Crippen molar-refractivity contribution in [3.63, 3.8) is 0 Å². The maximum absolute atomic E-state index is 11.2. The van der Waals surface area contributed by atoms with Crippen LogP contribution in [0.2, 0.25) is 0 Å². The number of fused-ring (bicyclic) bond motifs is 1. The number of aromatic nitrogens is 2. The molecule has 0 aliphatic carbocycles. The molecule has 2 heterocycles. The summed E-state index contributed by atoms with van der Waals surface area (Å²) in [5, 5.41) is 9.22. The van der Waals surface area contributed by atoms with Crippen molar-refractivity contribution in [1.29, 1.82) is 0 Å². The Morgan fingerprint density at radius 1 is 1.24 bits per heavy atom. The number of nitrogens with zero attached hydrogens (tertiary/aromatic N) is 2. The second-order valence-electron chi connectivity index (χ2n) is 5.21. The van der Waals surface area contributed by atoms with Crippen molar-refractivity contribution in [3.05, 3.63) is 46.1 Å². The molecular formula is C16H16N2O2S. The Morgan fingerprint density at radius 2 is 1.90 bits per heavy atom. The highest BCUT2D eigenvalue weighted by Crippen LogP contribution is 2.31. The van der Waals surface area contributed by atoms with Gasteiger partial charge in [-0.25, -0.2) is 4.98 Å². The first-order valence-corrected chi connectivity index (χ1v) is 7.55. The van der Waals surface area contributed by atoms with E-state index in [9.17, 15) is 9.90 Å². The molecule has 5 heteroatoms. The lowest BCUT2D eigenvalue weighted by Crippen LogP contribution is -2.05. The summed E-state index contributed by atoms with van der Waals surface area (Å²) in [4.78, 5) is 17.9. The molecule has 4 nitrogen and oxygen atoms in total. The number of aryl methyl sites for hydroxylation is 3. The smallest absolute Gasteiger partial charge is 0.309 e. The van der Waals surface area contributed by atoms with E-state index in [0.717, 1.165) is 27.6 Å². The Bertz CT molecular complexity index is 828. The molecule has 0 saturated heterocycles. The summed E-state index contributed by atoms with van der Waals surface area (Å²) in [5.41, 5.74) is 4.73. The van der Waals surface area contributed by atoms with Crippen molar-refractivity contribution in [2.45, 2.75) is 27.2 Å². The number of hydrogen-bond donors (Lipinski definition) is 1. The lowest BCUT2D eigenvalue weighted by molar-refractivity contribution is -0.136. The fraction of sp³-hybridized carbons (Fsp3) is 0.250. The zero-order chi connectivity index (χ0) is 15.1. The van der Waals surface area contributed by atoms with Crippen LogP contribution < -0.4 is 0 Å². The van der Waals surface area contributed by atoms with Crippen molar-refractivity contribution in [2.75, 3.05) is 0 Å².